The minimum atomic E-state index is -1.05. The molecule has 20 heavy (non-hydrogen) atoms. The van der Waals surface area contributed by atoms with Crippen molar-refractivity contribution in [1.29, 1.82) is 0 Å². The molecule has 6 nitrogen and oxygen atoms in total. The van der Waals surface area contributed by atoms with Crippen LogP contribution in [0.25, 0.3) is 0 Å². The molecule has 2 aromatic heterocycles. The van der Waals surface area contributed by atoms with Gasteiger partial charge in [0, 0.05) is 23.4 Å². The Balaban J connectivity index is 1.77. The SMILES string of the molecule is CC(C)(CNCCn1cc(C(=O)O)nn1)c1cccs1. The van der Waals surface area contributed by atoms with Gasteiger partial charge in [-0.05, 0) is 11.4 Å². The van der Waals surface area contributed by atoms with E-state index in [1.165, 1.54) is 15.8 Å². The van der Waals surface area contributed by atoms with Crippen LogP contribution in [0.4, 0.5) is 0 Å². The van der Waals surface area contributed by atoms with Crippen molar-refractivity contribution < 1.29 is 9.90 Å². The molecule has 0 radical (unpaired) electrons. The van der Waals surface area contributed by atoms with Crippen LogP contribution in [0.2, 0.25) is 0 Å². The Bertz CT molecular complexity index is 563. The first-order valence-corrected chi connectivity index (χ1v) is 7.25. The van der Waals surface area contributed by atoms with E-state index in [2.05, 4.69) is 47.0 Å². The zero-order valence-electron chi connectivity index (χ0n) is 11.5. The minimum absolute atomic E-state index is 0.0242. The van der Waals surface area contributed by atoms with Gasteiger partial charge in [0.25, 0.3) is 0 Å². The van der Waals surface area contributed by atoms with E-state index in [4.69, 9.17) is 5.11 Å². The van der Waals surface area contributed by atoms with Gasteiger partial charge in [-0.15, -0.1) is 16.4 Å². The van der Waals surface area contributed by atoms with E-state index in [1.54, 1.807) is 11.3 Å². The molecule has 2 aromatic rings. The molecule has 0 aliphatic rings. The second kappa shape index (κ2) is 6.15. The summed E-state index contributed by atoms with van der Waals surface area (Å²) >= 11 is 1.76. The van der Waals surface area contributed by atoms with E-state index in [-0.39, 0.29) is 11.1 Å². The monoisotopic (exact) mass is 294 g/mol. The number of carbonyl (C=O) groups is 1. The molecule has 0 spiro atoms. The molecule has 0 saturated carbocycles. The molecule has 0 aliphatic carbocycles. The highest BCUT2D eigenvalue weighted by molar-refractivity contribution is 7.10. The topological polar surface area (TPSA) is 80.0 Å². The fourth-order valence-electron chi connectivity index (χ4n) is 1.85. The summed E-state index contributed by atoms with van der Waals surface area (Å²) in [5, 5.41) is 21.5. The smallest absolute Gasteiger partial charge is 0.358 e. The second-order valence-corrected chi connectivity index (χ2v) is 6.16. The van der Waals surface area contributed by atoms with Gasteiger partial charge in [-0.25, -0.2) is 4.79 Å². The zero-order valence-corrected chi connectivity index (χ0v) is 12.4. The number of aromatic carboxylic acids is 1. The van der Waals surface area contributed by atoms with E-state index in [0.29, 0.717) is 6.54 Å². The first-order chi connectivity index (χ1) is 9.49. The van der Waals surface area contributed by atoms with Crippen LogP contribution in [0, 0.1) is 0 Å². The van der Waals surface area contributed by atoms with Crippen LogP contribution < -0.4 is 5.32 Å². The molecule has 0 fully saturated rings. The van der Waals surface area contributed by atoms with Gasteiger partial charge in [0.05, 0.1) is 12.7 Å². The molecule has 0 saturated heterocycles. The van der Waals surface area contributed by atoms with Crippen molar-refractivity contribution >= 4 is 17.3 Å². The van der Waals surface area contributed by atoms with Crippen molar-refractivity contribution in [3.05, 3.63) is 34.3 Å². The van der Waals surface area contributed by atoms with Gasteiger partial charge in [0.1, 0.15) is 0 Å². The lowest BCUT2D eigenvalue weighted by molar-refractivity contribution is 0.0690. The normalized spacial score (nSPS) is 11.7. The number of carboxylic acid groups (broad SMARTS) is 1. The Morgan fingerprint density at radius 1 is 1.55 bits per heavy atom. The molecule has 0 aliphatic heterocycles. The summed E-state index contributed by atoms with van der Waals surface area (Å²) in [5.41, 5.74) is 0.0619. The number of carboxylic acids is 1. The number of rotatable bonds is 7. The third kappa shape index (κ3) is 3.64. The summed E-state index contributed by atoms with van der Waals surface area (Å²) in [5.74, 6) is -1.05. The molecular formula is C13H18N4O2S. The summed E-state index contributed by atoms with van der Waals surface area (Å²) in [7, 11) is 0. The molecule has 0 bridgehead atoms. The van der Waals surface area contributed by atoms with Crippen LogP contribution in [0.1, 0.15) is 29.2 Å². The maximum absolute atomic E-state index is 10.7. The summed E-state index contributed by atoms with van der Waals surface area (Å²) in [6.45, 7) is 6.57. The highest BCUT2D eigenvalue weighted by atomic mass is 32.1. The molecule has 0 amide bonds. The van der Waals surface area contributed by atoms with Crippen LogP contribution >= 0.6 is 11.3 Å². The lowest BCUT2D eigenvalue weighted by atomic mass is 9.91. The maximum atomic E-state index is 10.7. The molecule has 2 N–H and O–H groups in total. The van der Waals surface area contributed by atoms with Gasteiger partial charge in [0.15, 0.2) is 5.69 Å². The molecule has 7 heteroatoms. The van der Waals surface area contributed by atoms with E-state index in [1.807, 2.05) is 0 Å². The van der Waals surface area contributed by atoms with Gasteiger partial charge in [-0.1, -0.05) is 25.1 Å². The number of hydrogen-bond donors (Lipinski definition) is 2. The van der Waals surface area contributed by atoms with Crippen molar-refractivity contribution in [1.82, 2.24) is 20.3 Å². The molecule has 0 aromatic carbocycles. The largest absolute Gasteiger partial charge is 0.476 e. The van der Waals surface area contributed by atoms with Crippen LogP contribution in [-0.4, -0.2) is 39.2 Å². The third-order valence-corrected chi connectivity index (χ3v) is 4.27. The van der Waals surface area contributed by atoms with Crippen LogP contribution in [-0.2, 0) is 12.0 Å². The average molecular weight is 294 g/mol. The average Bonchev–Trinajstić information content (AvgIpc) is 3.05. The molecule has 2 heterocycles. The van der Waals surface area contributed by atoms with E-state index in [9.17, 15) is 4.79 Å². The number of nitrogens with zero attached hydrogens (tertiary/aromatic N) is 3. The standard InChI is InChI=1S/C13H18N4O2S/c1-13(2,11-4-3-7-20-11)9-14-5-6-17-8-10(12(18)19)15-16-17/h3-4,7-8,14H,5-6,9H2,1-2H3,(H,18,19). The van der Waals surface area contributed by atoms with Gasteiger partial charge >= 0.3 is 5.97 Å². The maximum Gasteiger partial charge on any atom is 0.358 e. The van der Waals surface area contributed by atoms with Gasteiger partial charge in [0.2, 0.25) is 0 Å². The van der Waals surface area contributed by atoms with Crippen molar-refractivity contribution in [2.24, 2.45) is 0 Å². The van der Waals surface area contributed by atoms with Crippen LogP contribution in [0.3, 0.4) is 0 Å². The van der Waals surface area contributed by atoms with Crippen LogP contribution in [0.5, 0.6) is 0 Å². The van der Waals surface area contributed by atoms with Crippen molar-refractivity contribution in [2.45, 2.75) is 25.8 Å². The van der Waals surface area contributed by atoms with Gasteiger partial charge in [-0.2, -0.15) is 0 Å². The number of nitrogens with one attached hydrogen (secondary N) is 1. The Morgan fingerprint density at radius 3 is 2.95 bits per heavy atom. The van der Waals surface area contributed by atoms with E-state index < -0.39 is 5.97 Å². The quantitative estimate of drug-likeness (QED) is 0.758. The Kier molecular flexibility index (Phi) is 4.51. The highest BCUT2D eigenvalue weighted by Crippen LogP contribution is 2.26. The number of aromatic nitrogens is 3. The van der Waals surface area contributed by atoms with Crippen LogP contribution in [0.15, 0.2) is 23.7 Å². The summed E-state index contributed by atoms with van der Waals surface area (Å²) in [6.07, 6.45) is 1.44. The summed E-state index contributed by atoms with van der Waals surface area (Å²) in [4.78, 5) is 12.0. The van der Waals surface area contributed by atoms with Gasteiger partial charge in [-0.3, -0.25) is 4.68 Å². The lowest BCUT2D eigenvalue weighted by Gasteiger charge is -2.23. The molecule has 108 valence electrons. The fraction of sp³-hybridized carbons (Fsp3) is 0.462. The van der Waals surface area contributed by atoms with Crippen molar-refractivity contribution in [3.63, 3.8) is 0 Å². The lowest BCUT2D eigenvalue weighted by Crippen LogP contribution is -2.34. The first-order valence-electron chi connectivity index (χ1n) is 6.37. The number of thiophene rings is 1. The predicted molar refractivity (Wildman–Crippen MR) is 77.2 cm³/mol. The van der Waals surface area contributed by atoms with Crippen molar-refractivity contribution in [2.75, 3.05) is 13.1 Å². The molecule has 2 rings (SSSR count). The Labute approximate surface area is 121 Å². The Morgan fingerprint density at radius 2 is 2.35 bits per heavy atom. The molecule has 0 unspecified atom stereocenters. The predicted octanol–water partition coefficient (Wildman–Crippen LogP) is 1.61. The Hall–Kier alpha value is -1.73. The van der Waals surface area contributed by atoms with E-state index in [0.717, 1.165) is 13.1 Å². The first kappa shape index (κ1) is 14.7. The molecular weight excluding hydrogens is 276 g/mol. The number of hydrogen-bond acceptors (Lipinski definition) is 5. The van der Waals surface area contributed by atoms with Gasteiger partial charge < -0.3 is 10.4 Å². The second-order valence-electron chi connectivity index (χ2n) is 5.21. The van der Waals surface area contributed by atoms with E-state index >= 15 is 0 Å². The molecule has 0 atom stereocenters. The third-order valence-electron chi connectivity index (χ3n) is 3.03. The van der Waals surface area contributed by atoms with Crippen molar-refractivity contribution in [3.8, 4) is 0 Å². The highest BCUT2D eigenvalue weighted by Gasteiger charge is 2.20. The fourth-order valence-corrected chi connectivity index (χ4v) is 2.70. The summed E-state index contributed by atoms with van der Waals surface area (Å²) < 4.78 is 1.54. The summed E-state index contributed by atoms with van der Waals surface area (Å²) in [6, 6.07) is 4.20. The zero-order chi connectivity index (χ0) is 14.6. The minimum Gasteiger partial charge on any atom is -0.476 e.